The van der Waals surface area contributed by atoms with Crippen LogP contribution in [0.2, 0.25) is 0 Å². The molecule has 2 fully saturated rings. The third-order valence-corrected chi connectivity index (χ3v) is 4.68. The van der Waals surface area contributed by atoms with E-state index in [0.29, 0.717) is 18.0 Å². The fourth-order valence-corrected chi connectivity index (χ4v) is 3.56. The molecule has 0 spiro atoms. The third kappa shape index (κ3) is 2.46. The molecular weight excluding hydrogens is 266 g/mol. The topological polar surface area (TPSA) is 68.9 Å². The van der Waals surface area contributed by atoms with Gasteiger partial charge in [-0.15, -0.1) is 0 Å². The second-order valence-electron chi connectivity index (χ2n) is 6.38. The first-order chi connectivity index (χ1) is 10.0. The highest BCUT2D eigenvalue weighted by molar-refractivity contribution is 5.92. The first kappa shape index (κ1) is 14.2. The number of fused-ring (bicyclic) bond motifs is 1. The molecule has 0 aromatic heterocycles. The first-order valence-electron chi connectivity index (χ1n) is 7.38. The van der Waals surface area contributed by atoms with Crippen LogP contribution in [0, 0.1) is 11.3 Å². The number of anilines is 1. The van der Waals surface area contributed by atoms with Crippen molar-refractivity contribution in [3.05, 3.63) is 24.3 Å². The number of hydrogen-bond acceptors (Lipinski definition) is 3. The molecule has 3 atom stereocenters. The molecule has 0 radical (unpaired) electrons. The third-order valence-electron chi connectivity index (χ3n) is 4.68. The Hall–Kier alpha value is -1.75. The summed E-state index contributed by atoms with van der Waals surface area (Å²) < 4.78 is 10.9. The van der Waals surface area contributed by atoms with Crippen molar-refractivity contribution in [3.8, 4) is 5.75 Å². The van der Waals surface area contributed by atoms with E-state index in [1.165, 1.54) is 0 Å². The van der Waals surface area contributed by atoms with Crippen LogP contribution in [0.4, 0.5) is 5.69 Å². The SMILES string of the molecule is COc1ccc(NC(N)=NC2C3CCOC3C2(C)C)cc1. The molecular formula is C16H23N3O2. The molecule has 114 valence electrons. The molecule has 1 aliphatic heterocycles. The van der Waals surface area contributed by atoms with Gasteiger partial charge in [0, 0.05) is 23.6 Å². The van der Waals surface area contributed by atoms with Gasteiger partial charge in [-0.2, -0.15) is 0 Å². The fraction of sp³-hybridized carbons (Fsp3) is 0.562. The average molecular weight is 289 g/mol. The van der Waals surface area contributed by atoms with Gasteiger partial charge in [-0.1, -0.05) is 13.8 Å². The summed E-state index contributed by atoms with van der Waals surface area (Å²) in [5, 5.41) is 3.14. The van der Waals surface area contributed by atoms with Crippen molar-refractivity contribution in [1.29, 1.82) is 0 Å². The second kappa shape index (κ2) is 5.22. The van der Waals surface area contributed by atoms with Gasteiger partial charge in [-0.05, 0) is 30.7 Å². The standard InChI is InChI=1S/C16H23N3O2/c1-16(2)13(12-8-9-21-14(12)16)19-15(17)18-10-4-6-11(20-3)7-5-10/h4-7,12-14H,8-9H2,1-3H3,(H3,17,18,19). The van der Waals surface area contributed by atoms with Gasteiger partial charge in [-0.25, -0.2) is 4.99 Å². The smallest absolute Gasteiger partial charge is 0.193 e. The van der Waals surface area contributed by atoms with Crippen LogP contribution in [-0.4, -0.2) is 31.8 Å². The molecule has 1 saturated carbocycles. The van der Waals surface area contributed by atoms with Crippen LogP contribution in [0.15, 0.2) is 29.3 Å². The summed E-state index contributed by atoms with van der Waals surface area (Å²) in [6.07, 6.45) is 1.41. The number of benzene rings is 1. The molecule has 0 amide bonds. The van der Waals surface area contributed by atoms with Gasteiger partial charge in [0.05, 0.1) is 19.3 Å². The Morgan fingerprint density at radius 1 is 1.38 bits per heavy atom. The lowest BCUT2D eigenvalue weighted by molar-refractivity contribution is -0.0985. The fourth-order valence-electron chi connectivity index (χ4n) is 3.56. The van der Waals surface area contributed by atoms with E-state index in [1.54, 1.807) is 7.11 Å². The van der Waals surface area contributed by atoms with Gasteiger partial charge in [-0.3, -0.25) is 0 Å². The van der Waals surface area contributed by atoms with Crippen LogP contribution in [0.3, 0.4) is 0 Å². The van der Waals surface area contributed by atoms with Crippen LogP contribution in [0.25, 0.3) is 0 Å². The summed E-state index contributed by atoms with van der Waals surface area (Å²) >= 11 is 0. The van der Waals surface area contributed by atoms with Gasteiger partial charge in [0.2, 0.25) is 0 Å². The van der Waals surface area contributed by atoms with E-state index in [0.717, 1.165) is 24.5 Å². The molecule has 5 nitrogen and oxygen atoms in total. The lowest BCUT2D eigenvalue weighted by Crippen LogP contribution is -2.59. The van der Waals surface area contributed by atoms with Crippen molar-refractivity contribution in [3.63, 3.8) is 0 Å². The largest absolute Gasteiger partial charge is 0.497 e. The normalized spacial score (nSPS) is 30.4. The molecule has 1 saturated heterocycles. The molecule has 3 unspecified atom stereocenters. The van der Waals surface area contributed by atoms with E-state index in [1.807, 2.05) is 24.3 Å². The zero-order valence-corrected chi connectivity index (χ0v) is 12.8. The maximum Gasteiger partial charge on any atom is 0.193 e. The van der Waals surface area contributed by atoms with E-state index in [2.05, 4.69) is 24.2 Å². The number of hydrogen-bond donors (Lipinski definition) is 2. The molecule has 1 heterocycles. The predicted octanol–water partition coefficient (Wildman–Crippen LogP) is 2.24. The van der Waals surface area contributed by atoms with Crippen molar-refractivity contribution < 1.29 is 9.47 Å². The molecule has 2 aliphatic rings. The van der Waals surface area contributed by atoms with Gasteiger partial charge in [0.1, 0.15) is 5.75 Å². The van der Waals surface area contributed by atoms with E-state index < -0.39 is 0 Å². The Labute approximate surface area is 125 Å². The van der Waals surface area contributed by atoms with Crippen molar-refractivity contribution in [2.24, 2.45) is 22.1 Å². The minimum Gasteiger partial charge on any atom is -0.497 e. The molecule has 1 aromatic carbocycles. The predicted molar refractivity (Wildman–Crippen MR) is 83.7 cm³/mol. The highest BCUT2D eigenvalue weighted by atomic mass is 16.5. The Kier molecular flexibility index (Phi) is 3.53. The molecule has 1 aromatic rings. The van der Waals surface area contributed by atoms with Crippen molar-refractivity contribution >= 4 is 11.6 Å². The van der Waals surface area contributed by atoms with Gasteiger partial charge < -0.3 is 20.5 Å². The quantitative estimate of drug-likeness (QED) is 0.661. The maximum atomic E-state index is 6.06. The molecule has 5 heteroatoms. The van der Waals surface area contributed by atoms with Crippen LogP contribution in [0.5, 0.6) is 5.75 Å². The Morgan fingerprint density at radius 2 is 2.10 bits per heavy atom. The van der Waals surface area contributed by atoms with Gasteiger partial charge in [0.15, 0.2) is 5.96 Å². The molecule has 1 aliphatic carbocycles. The number of nitrogens with one attached hydrogen (secondary N) is 1. The summed E-state index contributed by atoms with van der Waals surface area (Å²) in [6, 6.07) is 7.87. The highest BCUT2D eigenvalue weighted by Crippen LogP contribution is 2.53. The summed E-state index contributed by atoms with van der Waals surface area (Å²) in [7, 11) is 1.65. The number of nitrogens with zero attached hydrogens (tertiary/aromatic N) is 1. The molecule has 0 bridgehead atoms. The minimum absolute atomic E-state index is 0.0629. The number of guanidine groups is 1. The summed E-state index contributed by atoms with van der Waals surface area (Å²) in [4.78, 5) is 4.69. The van der Waals surface area contributed by atoms with E-state index in [-0.39, 0.29) is 11.5 Å². The zero-order chi connectivity index (χ0) is 15.0. The van der Waals surface area contributed by atoms with Crippen LogP contribution in [-0.2, 0) is 4.74 Å². The zero-order valence-electron chi connectivity index (χ0n) is 12.8. The lowest BCUT2D eigenvalue weighted by atomic mass is 9.57. The van der Waals surface area contributed by atoms with Crippen LogP contribution < -0.4 is 15.8 Å². The highest BCUT2D eigenvalue weighted by Gasteiger charge is 2.59. The maximum absolute atomic E-state index is 6.06. The monoisotopic (exact) mass is 289 g/mol. The van der Waals surface area contributed by atoms with E-state index in [9.17, 15) is 0 Å². The number of rotatable bonds is 3. The number of methoxy groups -OCH3 is 1. The lowest BCUT2D eigenvalue weighted by Gasteiger charge is -2.52. The molecule has 3 N–H and O–H groups in total. The van der Waals surface area contributed by atoms with Crippen LogP contribution in [0.1, 0.15) is 20.3 Å². The Bertz CT molecular complexity index is 539. The van der Waals surface area contributed by atoms with Crippen LogP contribution >= 0.6 is 0 Å². The first-order valence-corrected chi connectivity index (χ1v) is 7.38. The average Bonchev–Trinajstić information content (AvgIpc) is 2.93. The minimum atomic E-state index is 0.0629. The Balaban J connectivity index is 1.68. The number of aliphatic imine (C=N–C) groups is 1. The summed E-state index contributed by atoms with van der Waals surface area (Å²) in [6.45, 7) is 5.25. The van der Waals surface area contributed by atoms with Gasteiger partial charge >= 0.3 is 0 Å². The summed E-state index contributed by atoms with van der Waals surface area (Å²) in [5.74, 6) is 1.79. The van der Waals surface area contributed by atoms with E-state index in [4.69, 9.17) is 15.2 Å². The Morgan fingerprint density at radius 3 is 2.76 bits per heavy atom. The molecule has 21 heavy (non-hydrogen) atoms. The number of ether oxygens (including phenoxy) is 2. The number of nitrogens with two attached hydrogens (primary N) is 1. The summed E-state index contributed by atoms with van der Waals surface area (Å²) in [5.41, 5.74) is 7.03. The van der Waals surface area contributed by atoms with Crippen molar-refractivity contribution in [2.75, 3.05) is 19.0 Å². The van der Waals surface area contributed by atoms with Gasteiger partial charge in [0.25, 0.3) is 0 Å². The van der Waals surface area contributed by atoms with E-state index >= 15 is 0 Å². The second-order valence-corrected chi connectivity index (χ2v) is 6.38. The van der Waals surface area contributed by atoms with Crippen molar-refractivity contribution in [2.45, 2.75) is 32.4 Å². The molecule has 3 rings (SSSR count). The van der Waals surface area contributed by atoms with Crippen molar-refractivity contribution in [1.82, 2.24) is 0 Å².